The van der Waals surface area contributed by atoms with Crippen LogP contribution < -0.4 is 5.73 Å². The van der Waals surface area contributed by atoms with Crippen LogP contribution in [0.4, 0.5) is 4.39 Å². The van der Waals surface area contributed by atoms with E-state index in [9.17, 15) is 9.18 Å². The molecule has 0 saturated carbocycles. The van der Waals surface area contributed by atoms with E-state index in [2.05, 4.69) is 0 Å². The molecule has 2 nitrogen and oxygen atoms in total. The van der Waals surface area contributed by atoms with Gasteiger partial charge < -0.3 is 5.73 Å². The molecule has 0 heterocycles. The fourth-order valence-corrected chi connectivity index (χ4v) is 1.75. The van der Waals surface area contributed by atoms with Crippen molar-refractivity contribution >= 4 is 17.4 Å². The Morgan fingerprint density at radius 1 is 1.47 bits per heavy atom. The van der Waals surface area contributed by atoms with Crippen molar-refractivity contribution in [3.63, 3.8) is 0 Å². The van der Waals surface area contributed by atoms with E-state index in [0.29, 0.717) is 17.0 Å². The SMILES string of the molecule is Cc1cc(Cl)c(C(=O)CCC(C)(C)N)cc1F. The van der Waals surface area contributed by atoms with E-state index in [4.69, 9.17) is 17.3 Å². The second kappa shape index (κ2) is 5.15. The summed E-state index contributed by atoms with van der Waals surface area (Å²) in [7, 11) is 0. The first-order chi connectivity index (χ1) is 7.70. The van der Waals surface area contributed by atoms with Gasteiger partial charge in [0.2, 0.25) is 0 Å². The van der Waals surface area contributed by atoms with E-state index in [-0.39, 0.29) is 17.8 Å². The fraction of sp³-hybridized carbons (Fsp3) is 0.462. The van der Waals surface area contributed by atoms with Gasteiger partial charge in [-0.25, -0.2) is 4.39 Å². The summed E-state index contributed by atoms with van der Waals surface area (Å²) < 4.78 is 13.4. The van der Waals surface area contributed by atoms with Crippen molar-refractivity contribution in [2.45, 2.75) is 39.2 Å². The molecule has 0 spiro atoms. The second-order valence-electron chi connectivity index (χ2n) is 4.99. The van der Waals surface area contributed by atoms with Crippen molar-refractivity contribution in [3.05, 3.63) is 34.1 Å². The third-order valence-corrected chi connectivity index (χ3v) is 2.86. The van der Waals surface area contributed by atoms with Gasteiger partial charge in [0.1, 0.15) is 5.82 Å². The van der Waals surface area contributed by atoms with Crippen LogP contribution in [0.15, 0.2) is 12.1 Å². The number of nitrogens with two attached hydrogens (primary N) is 1. The Balaban J connectivity index is 2.86. The Morgan fingerprint density at radius 3 is 2.59 bits per heavy atom. The van der Waals surface area contributed by atoms with Gasteiger partial charge in [0, 0.05) is 17.5 Å². The third kappa shape index (κ3) is 4.10. The summed E-state index contributed by atoms with van der Waals surface area (Å²) in [4.78, 5) is 11.9. The van der Waals surface area contributed by atoms with Crippen molar-refractivity contribution in [3.8, 4) is 0 Å². The molecule has 0 amide bonds. The highest BCUT2D eigenvalue weighted by Crippen LogP contribution is 2.23. The summed E-state index contributed by atoms with van der Waals surface area (Å²) >= 11 is 5.93. The molecule has 0 aliphatic rings. The standard InChI is InChI=1S/C13H17ClFNO/c1-8-6-10(14)9(7-11(8)15)12(17)4-5-13(2,3)16/h6-7H,4-5,16H2,1-3H3. The molecular weight excluding hydrogens is 241 g/mol. The minimum absolute atomic E-state index is 0.174. The van der Waals surface area contributed by atoms with Gasteiger partial charge in [-0.1, -0.05) is 11.6 Å². The van der Waals surface area contributed by atoms with Crippen LogP contribution in [0, 0.1) is 12.7 Å². The molecule has 0 unspecified atom stereocenters. The maximum Gasteiger partial charge on any atom is 0.164 e. The number of carbonyl (C=O) groups is 1. The maximum atomic E-state index is 13.4. The summed E-state index contributed by atoms with van der Waals surface area (Å²) in [6, 6.07) is 2.67. The van der Waals surface area contributed by atoms with Gasteiger partial charge >= 0.3 is 0 Å². The summed E-state index contributed by atoms with van der Waals surface area (Å²) in [5.41, 5.74) is 6.05. The predicted molar refractivity (Wildman–Crippen MR) is 68.0 cm³/mol. The average Bonchev–Trinajstić information content (AvgIpc) is 2.19. The highest BCUT2D eigenvalue weighted by Gasteiger charge is 2.17. The molecule has 17 heavy (non-hydrogen) atoms. The number of aryl methyl sites for hydroxylation is 1. The Hall–Kier alpha value is -0.930. The molecule has 2 N–H and O–H groups in total. The lowest BCUT2D eigenvalue weighted by Crippen LogP contribution is -2.32. The lowest BCUT2D eigenvalue weighted by Gasteiger charge is -2.17. The molecule has 94 valence electrons. The van der Waals surface area contributed by atoms with E-state index < -0.39 is 11.4 Å². The van der Waals surface area contributed by atoms with E-state index in [1.165, 1.54) is 12.1 Å². The number of Topliss-reactive ketones (excluding diaryl/α,β-unsaturated/α-hetero) is 1. The zero-order valence-corrected chi connectivity index (χ0v) is 11.1. The predicted octanol–water partition coefficient (Wildman–Crippen LogP) is 3.49. The van der Waals surface area contributed by atoms with E-state index in [0.717, 1.165) is 0 Å². The van der Waals surface area contributed by atoms with Crippen molar-refractivity contribution in [1.29, 1.82) is 0 Å². The Kier molecular flexibility index (Phi) is 4.28. The van der Waals surface area contributed by atoms with Crippen LogP contribution in [0.25, 0.3) is 0 Å². The quantitative estimate of drug-likeness (QED) is 0.839. The first-order valence-electron chi connectivity index (χ1n) is 5.48. The van der Waals surface area contributed by atoms with Gasteiger partial charge in [0.05, 0.1) is 5.02 Å². The molecule has 0 aliphatic heterocycles. The van der Waals surface area contributed by atoms with Gasteiger partial charge in [-0.2, -0.15) is 0 Å². The smallest absolute Gasteiger partial charge is 0.164 e. The molecule has 0 saturated heterocycles. The first kappa shape index (κ1) is 14.1. The van der Waals surface area contributed by atoms with Crippen LogP contribution >= 0.6 is 11.6 Å². The number of benzene rings is 1. The molecule has 0 radical (unpaired) electrons. The molecule has 1 aromatic carbocycles. The van der Waals surface area contributed by atoms with Gasteiger partial charge in [-0.3, -0.25) is 4.79 Å². The number of rotatable bonds is 4. The highest BCUT2D eigenvalue weighted by atomic mass is 35.5. The first-order valence-corrected chi connectivity index (χ1v) is 5.86. The topological polar surface area (TPSA) is 43.1 Å². The lowest BCUT2D eigenvalue weighted by molar-refractivity contribution is 0.0972. The fourth-order valence-electron chi connectivity index (χ4n) is 1.43. The summed E-state index contributed by atoms with van der Waals surface area (Å²) in [6.45, 7) is 5.30. The van der Waals surface area contributed by atoms with Crippen LogP contribution in [0.1, 0.15) is 42.6 Å². The Labute approximate surface area is 106 Å². The third-order valence-electron chi connectivity index (χ3n) is 2.55. The van der Waals surface area contributed by atoms with Crippen molar-refractivity contribution in [1.82, 2.24) is 0 Å². The summed E-state index contributed by atoms with van der Waals surface area (Å²) in [5.74, 6) is -0.586. The number of carbonyl (C=O) groups excluding carboxylic acids is 1. The second-order valence-corrected chi connectivity index (χ2v) is 5.40. The molecule has 4 heteroatoms. The van der Waals surface area contributed by atoms with Gasteiger partial charge in [0.25, 0.3) is 0 Å². The summed E-state index contributed by atoms with van der Waals surface area (Å²) in [5, 5.41) is 0.295. The number of hydrogen-bond donors (Lipinski definition) is 1. The molecule has 1 aromatic rings. The van der Waals surface area contributed by atoms with Gasteiger partial charge in [-0.15, -0.1) is 0 Å². The van der Waals surface area contributed by atoms with Gasteiger partial charge in [-0.05, 0) is 44.9 Å². The number of hydrogen-bond acceptors (Lipinski definition) is 2. The molecule has 0 atom stereocenters. The molecule has 0 fully saturated rings. The normalized spacial score (nSPS) is 11.6. The molecule has 0 bridgehead atoms. The largest absolute Gasteiger partial charge is 0.326 e. The minimum Gasteiger partial charge on any atom is -0.326 e. The van der Waals surface area contributed by atoms with E-state index in [1.807, 2.05) is 13.8 Å². The molecule has 0 aromatic heterocycles. The van der Waals surface area contributed by atoms with Gasteiger partial charge in [0.15, 0.2) is 5.78 Å². The minimum atomic E-state index is -0.412. The zero-order chi connectivity index (χ0) is 13.2. The van der Waals surface area contributed by atoms with Crippen molar-refractivity contribution in [2.24, 2.45) is 5.73 Å². The Morgan fingerprint density at radius 2 is 2.06 bits per heavy atom. The zero-order valence-electron chi connectivity index (χ0n) is 10.3. The summed E-state index contributed by atoms with van der Waals surface area (Å²) in [6.07, 6.45) is 0.809. The maximum absolute atomic E-state index is 13.4. The molecule has 0 aliphatic carbocycles. The van der Waals surface area contributed by atoms with E-state index >= 15 is 0 Å². The van der Waals surface area contributed by atoms with Crippen LogP contribution in [-0.2, 0) is 0 Å². The van der Waals surface area contributed by atoms with Crippen molar-refractivity contribution in [2.75, 3.05) is 0 Å². The van der Waals surface area contributed by atoms with E-state index in [1.54, 1.807) is 6.92 Å². The van der Waals surface area contributed by atoms with Crippen molar-refractivity contribution < 1.29 is 9.18 Å². The highest BCUT2D eigenvalue weighted by molar-refractivity contribution is 6.34. The molecular formula is C13H17ClFNO. The monoisotopic (exact) mass is 257 g/mol. The Bertz CT molecular complexity index is 438. The van der Waals surface area contributed by atoms with Crippen LogP contribution in [-0.4, -0.2) is 11.3 Å². The average molecular weight is 258 g/mol. The molecule has 1 rings (SSSR count). The lowest BCUT2D eigenvalue weighted by atomic mass is 9.95. The van der Waals surface area contributed by atoms with Crippen LogP contribution in [0.3, 0.4) is 0 Å². The number of ketones is 1. The number of halogens is 2. The van der Waals surface area contributed by atoms with Crippen LogP contribution in [0.5, 0.6) is 0 Å². The van der Waals surface area contributed by atoms with Crippen LogP contribution in [0.2, 0.25) is 5.02 Å².